The third kappa shape index (κ3) is 4.81. The van der Waals surface area contributed by atoms with E-state index in [1.165, 1.54) is 0 Å². The molecule has 0 aliphatic heterocycles. The van der Waals surface area contributed by atoms with Crippen LogP contribution in [0, 0.1) is 0 Å². The van der Waals surface area contributed by atoms with Crippen LogP contribution in [0.15, 0.2) is 4.99 Å². The smallest absolute Gasteiger partial charge is 0.255 e. The van der Waals surface area contributed by atoms with E-state index >= 15 is 0 Å². The van der Waals surface area contributed by atoms with Crippen molar-refractivity contribution >= 4 is 11.9 Å². The molecule has 0 bridgehead atoms. The summed E-state index contributed by atoms with van der Waals surface area (Å²) in [6.45, 7) is 5.59. The second kappa shape index (κ2) is 6.37. The average Bonchev–Trinajstić information content (AvgIpc) is 2.15. The molecule has 0 aromatic rings. The highest BCUT2D eigenvalue weighted by atomic mass is 16.3. The van der Waals surface area contributed by atoms with Crippen molar-refractivity contribution in [2.75, 3.05) is 0 Å². The molecule has 0 saturated heterocycles. The number of nitrogens with one attached hydrogen (secondary N) is 1. The summed E-state index contributed by atoms with van der Waals surface area (Å²) in [5.74, 6) is -0.436. The molecule has 1 amide bonds. The van der Waals surface area contributed by atoms with Crippen LogP contribution in [0.3, 0.4) is 0 Å². The van der Waals surface area contributed by atoms with Gasteiger partial charge in [-0.2, -0.15) is 0 Å². The maximum atomic E-state index is 11.1. The number of aliphatic hydroxyl groups excluding tert-OH is 1. The van der Waals surface area contributed by atoms with Gasteiger partial charge in [-0.15, -0.1) is 0 Å². The molecule has 5 heteroatoms. The Morgan fingerprint density at radius 3 is 2.50 bits per heavy atom. The molecule has 0 fully saturated rings. The summed E-state index contributed by atoms with van der Waals surface area (Å²) in [5.41, 5.74) is 5.45. The van der Waals surface area contributed by atoms with E-state index < -0.39 is 12.0 Å². The van der Waals surface area contributed by atoms with Crippen molar-refractivity contribution in [3.63, 3.8) is 0 Å². The Morgan fingerprint density at radius 2 is 2.07 bits per heavy atom. The van der Waals surface area contributed by atoms with Gasteiger partial charge in [0.05, 0.1) is 6.04 Å². The lowest BCUT2D eigenvalue weighted by Gasteiger charge is -2.09. The van der Waals surface area contributed by atoms with Crippen molar-refractivity contribution in [1.29, 1.82) is 0 Å². The standard InChI is InChI=1S/C9H19N3O2/c1-4-6(3)11-9(10)12-8(14)7(13)5-2/h6-7,13H,4-5H2,1-3H3,(H3,10,11,12,14)/t6?,7-/m1/s1. The molecule has 0 saturated carbocycles. The van der Waals surface area contributed by atoms with E-state index in [0.717, 1.165) is 6.42 Å². The summed E-state index contributed by atoms with van der Waals surface area (Å²) in [4.78, 5) is 15.1. The first-order chi connectivity index (χ1) is 6.51. The Bertz CT molecular complexity index is 216. The van der Waals surface area contributed by atoms with Gasteiger partial charge >= 0.3 is 0 Å². The van der Waals surface area contributed by atoms with Gasteiger partial charge in [0.1, 0.15) is 6.10 Å². The lowest BCUT2D eigenvalue weighted by Crippen LogP contribution is -2.43. The molecule has 0 aromatic carbocycles. The lowest BCUT2D eigenvalue weighted by molar-refractivity contribution is -0.127. The van der Waals surface area contributed by atoms with E-state index in [2.05, 4.69) is 10.3 Å². The summed E-state index contributed by atoms with van der Waals surface area (Å²) in [7, 11) is 0. The largest absolute Gasteiger partial charge is 0.383 e. The fourth-order valence-electron chi connectivity index (χ4n) is 0.756. The van der Waals surface area contributed by atoms with E-state index in [9.17, 15) is 4.79 Å². The van der Waals surface area contributed by atoms with E-state index in [1.54, 1.807) is 6.92 Å². The Kier molecular flexibility index (Phi) is 5.87. The third-order valence-corrected chi connectivity index (χ3v) is 1.89. The zero-order chi connectivity index (χ0) is 11.1. The molecule has 2 atom stereocenters. The summed E-state index contributed by atoms with van der Waals surface area (Å²) in [5, 5.41) is 11.5. The summed E-state index contributed by atoms with van der Waals surface area (Å²) in [6, 6.07) is 0.0778. The number of nitrogens with zero attached hydrogens (tertiary/aromatic N) is 1. The van der Waals surface area contributed by atoms with Crippen LogP contribution in [-0.4, -0.2) is 29.1 Å². The number of hydrogen-bond donors (Lipinski definition) is 3. The highest BCUT2D eigenvalue weighted by molar-refractivity contribution is 5.98. The van der Waals surface area contributed by atoms with Crippen LogP contribution in [0.25, 0.3) is 0 Å². The number of aliphatic imine (C=N–C) groups is 1. The molecule has 4 N–H and O–H groups in total. The maximum Gasteiger partial charge on any atom is 0.255 e. The van der Waals surface area contributed by atoms with Gasteiger partial charge in [0.15, 0.2) is 5.96 Å². The van der Waals surface area contributed by atoms with Crippen LogP contribution < -0.4 is 11.1 Å². The second-order valence-corrected chi connectivity index (χ2v) is 3.18. The molecule has 82 valence electrons. The van der Waals surface area contributed by atoms with Gasteiger partial charge in [0.25, 0.3) is 5.91 Å². The molecule has 0 aromatic heterocycles. The number of hydrogen-bond acceptors (Lipinski definition) is 3. The fourth-order valence-corrected chi connectivity index (χ4v) is 0.756. The van der Waals surface area contributed by atoms with E-state index in [-0.39, 0.29) is 12.0 Å². The van der Waals surface area contributed by atoms with E-state index in [0.29, 0.717) is 6.42 Å². The first-order valence-corrected chi connectivity index (χ1v) is 4.83. The van der Waals surface area contributed by atoms with Gasteiger partial charge in [-0.25, -0.2) is 0 Å². The van der Waals surface area contributed by atoms with E-state index in [1.807, 2.05) is 13.8 Å². The number of nitrogens with two attached hydrogens (primary N) is 1. The van der Waals surface area contributed by atoms with Gasteiger partial charge < -0.3 is 10.8 Å². The number of guanidine groups is 1. The zero-order valence-corrected chi connectivity index (χ0v) is 8.95. The Balaban J connectivity index is 4.11. The molecular weight excluding hydrogens is 182 g/mol. The SMILES string of the molecule is CCC(C)N=C(N)NC(=O)[C@H](O)CC. The van der Waals surface area contributed by atoms with Crippen LogP contribution in [0.2, 0.25) is 0 Å². The minimum Gasteiger partial charge on any atom is -0.383 e. The monoisotopic (exact) mass is 201 g/mol. The van der Waals surface area contributed by atoms with Crippen molar-refractivity contribution in [2.45, 2.75) is 45.8 Å². The Labute approximate surface area is 84.4 Å². The Hall–Kier alpha value is -1.10. The van der Waals surface area contributed by atoms with Crippen molar-refractivity contribution in [3.05, 3.63) is 0 Å². The van der Waals surface area contributed by atoms with Crippen molar-refractivity contribution in [1.82, 2.24) is 5.32 Å². The van der Waals surface area contributed by atoms with Gasteiger partial charge in [-0.05, 0) is 19.8 Å². The maximum absolute atomic E-state index is 11.1. The first-order valence-electron chi connectivity index (χ1n) is 4.83. The quantitative estimate of drug-likeness (QED) is 0.441. The fraction of sp³-hybridized carbons (Fsp3) is 0.778. The van der Waals surface area contributed by atoms with Crippen LogP contribution in [-0.2, 0) is 4.79 Å². The van der Waals surface area contributed by atoms with Gasteiger partial charge in [-0.1, -0.05) is 13.8 Å². The molecule has 14 heavy (non-hydrogen) atoms. The van der Waals surface area contributed by atoms with E-state index in [4.69, 9.17) is 10.8 Å². The lowest BCUT2D eigenvalue weighted by atomic mass is 10.2. The van der Waals surface area contributed by atoms with Gasteiger partial charge in [0, 0.05) is 0 Å². The molecule has 0 heterocycles. The van der Waals surface area contributed by atoms with Crippen LogP contribution in [0.1, 0.15) is 33.6 Å². The molecule has 0 rings (SSSR count). The summed E-state index contributed by atoms with van der Waals surface area (Å²) in [6.07, 6.45) is 0.204. The number of carbonyl (C=O) groups is 1. The topological polar surface area (TPSA) is 87.7 Å². The highest BCUT2D eigenvalue weighted by Gasteiger charge is 2.12. The molecule has 5 nitrogen and oxygen atoms in total. The predicted octanol–water partition coefficient (Wildman–Crippen LogP) is -0.0133. The van der Waals surface area contributed by atoms with Crippen LogP contribution >= 0.6 is 0 Å². The molecule has 1 unspecified atom stereocenters. The summed E-state index contributed by atoms with van der Waals surface area (Å²) < 4.78 is 0. The zero-order valence-electron chi connectivity index (χ0n) is 8.95. The van der Waals surface area contributed by atoms with Gasteiger partial charge in [0.2, 0.25) is 0 Å². The minimum absolute atomic E-state index is 0.0665. The number of rotatable bonds is 4. The molecule has 0 aliphatic carbocycles. The molecule has 0 spiro atoms. The molecule has 0 radical (unpaired) electrons. The second-order valence-electron chi connectivity index (χ2n) is 3.18. The van der Waals surface area contributed by atoms with Crippen molar-refractivity contribution in [2.24, 2.45) is 10.7 Å². The number of carbonyl (C=O) groups excluding carboxylic acids is 1. The highest BCUT2D eigenvalue weighted by Crippen LogP contribution is 1.94. The average molecular weight is 201 g/mol. The molecule has 0 aliphatic rings. The Morgan fingerprint density at radius 1 is 1.50 bits per heavy atom. The summed E-state index contributed by atoms with van der Waals surface area (Å²) >= 11 is 0. The number of amides is 1. The van der Waals surface area contributed by atoms with Crippen molar-refractivity contribution in [3.8, 4) is 0 Å². The first kappa shape index (κ1) is 12.9. The third-order valence-electron chi connectivity index (χ3n) is 1.89. The normalized spacial score (nSPS) is 16.1. The van der Waals surface area contributed by atoms with Crippen LogP contribution in [0.5, 0.6) is 0 Å². The number of aliphatic hydroxyl groups is 1. The van der Waals surface area contributed by atoms with Gasteiger partial charge in [-0.3, -0.25) is 15.1 Å². The van der Waals surface area contributed by atoms with Crippen molar-refractivity contribution < 1.29 is 9.90 Å². The van der Waals surface area contributed by atoms with Crippen LogP contribution in [0.4, 0.5) is 0 Å². The minimum atomic E-state index is -1.01. The predicted molar refractivity (Wildman–Crippen MR) is 55.8 cm³/mol. The molecular formula is C9H19N3O2.